The lowest BCUT2D eigenvalue weighted by molar-refractivity contribution is -0.140. The second-order valence-corrected chi connectivity index (χ2v) is 11.2. The van der Waals surface area contributed by atoms with Crippen LogP contribution in [0.1, 0.15) is 69.4 Å². The highest BCUT2D eigenvalue weighted by atomic mass is 16.4. The fraction of sp³-hybridized carbons (Fsp3) is 0.667. The van der Waals surface area contributed by atoms with Gasteiger partial charge in [0.1, 0.15) is 5.84 Å². The molecule has 2 saturated heterocycles. The molecule has 0 unspecified atom stereocenters. The van der Waals surface area contributed by atoms with Crippen molar-refractivity contribution in [3.8, 4) is 0 Å². The first-order valence-electron chi connectivity index (χ1n) is 13.3. The van der Waals surface area contributed by atoms with Gasteiger partial charge in [-0.1, -0.05) is 38.1 Å². The van der Waals surface area contributed by atoms with Crippen molar-refractivity contribution in [2.75, 3.05) is 32.7 Å². The number of hydrazine groups is 1. The molecule has 3 aliphatic carbocycles. The second-order valence-electron chi connectivity index (χ2n) is 11.2. The molecule has 0 atom stereocenters. The van der Waals surface area contributed by atoms with Crippen LogP contribution < -0.4 is 11.3 Å². The number of nitrogens with two attached hydrogens (primary N) is 1. The lowest BCUT2D eigenvalue weighted by Crippen LogP contribution is -2.68. The molecule has 5 fully saturated rings. The Hall–Kier alpha value is -2.61. The minimum atomic E-state index is -0.721. The van der Waals surface area contributed by atoms with Crippen LogP contribution in [0, 0.1) is 17.3 Å². The van der Waals surface area contributed by atoms with Gasteiger partial charge in [-0.15, -0.1) is 0 Å². The fourth-order valence-corrected chi connectivity index (χ4v) is 6.03. The number of amidine groups is 1. The first-order valence-corrected chi connectivity index (χ1v) is 13.3. The number of carboxylic acids is 1. The fourth-order valence-electron chi connectivity index (χ4n) is 6.03. The lowest BCUT2D eigenvalue weighted by Gasteiger charge is -2.60. The van der Waals surface area contributed by atoms with E-state index in [1.54, 1.807) is 0 Å². The number of likely N-dealkylation sites (tertiary alicyclic amines) is 2. The molecular formula is C27H39N5O3. The Morgan fingerprint density at radius 3 is 2.23 bits per heavy atom. The van der Waals surface area contributed by atoms with Gasteiger partial charge < -0.3 is 20.3 Å². The number of benzene rings is 1. The van der Waals surface area contributed by atoms with Gasteiger partial charge in [0.05, 0.1) is 5.41 Å². The van der Waals surface area contributed by atoms with Gasteiger partial charge >= 0.3 is 12.0 Å². The summed E-state index contributed by atoms with van der Waals surface area (Å²) >= 11 is 0. The molecule has 4 N–H and O–H groups in total. The molecule has 8 heteroatoms. The van der Waals surface area contributed by atoms with E-state index in [0.29, 0.717) is 11.8 Å². The van der Waals surface area contributed by atoms with E-state index in [2.05, 4.69) is 10.4 Å². The summed E-state index contributed by atoms with van der Waals surface area (Å²) in [7, 11) is 0. The summed E-state index contributed by atoms with van der Waals surface area (Å²) in [5.41, 5.74) is 4.52. The van der Waals surface area contributed by atoms with Gasteiger partial charge in [0.15, 0.2) is 0 Å². The Kier molecular flexibility index (Phi) is 6.28. The summed E-state index contributed by atoms with van der Waals surface area (Å²) in [5, 5.41) is 9.47. The van der Waals surface area contributed by atoms with Crippen molar-refractivity contribution in [2.45, 2.75) is 63.7 Å². The zero-order valence-electron chi connectivity index (χ0n) is 21.0. The number of amides is 2. The van der Waals surface area contributed by atoms with Crippen molar-refractivity contribution in [3.63, 3.8) is 0 Å². The molecule has 0 radical (unpaired) electrons. The minimum absolute atomic E-state index is 0.152. The van der Waals surface area contributed by atoms with Crippen LogP contribution in [0.25, 0.3) is 0 Å². The molecule has 5 aliphatic rings. The number of aliphatic carboxylic acids is 1. The van der Waals surface area contributed by atoms with Crippen molar-refractivity contribution in [1.29, 1.82) is 0 Å². The maximum atomic E-state index is 12.9. The van der Waals surface area contributed by atoms with Gasteiger partial charge in [0.2, 0.25) is 0 Å². The maximum Gasteiger partial charge on any atom is 0.320 e. The average Bonchev–Trinajstić information content (AvgIpc) is 3.69. The van der Waals surface area contributed by atoms with Crippen molar-refractivity contribution >= 4 is 17.8 Å². The van der Waals surface area contributed by atoms with E-state index in [4.69, 9.17) is 5.84 Å². The normalized spacial score (nSPS) is 24.5. The van der Waals surface area contributed by atoms with Gasteiger partial charge in [0.25, 0.3) is 0 Å². The number of aliphatic imine (C=N–C) groups is 1. The monoisotopic (exact) mass is 481 g/mol. The number of carboxylic acid groups (broad SMARTS) is 1. The number of carbonyl (C=O) groups is 2. The summed E-state index contributed by atoms with van der Waals surface area (Å²) < 4.78 is 0. The Morgan fingerprint density at radius 1 is 1.09 bits per heavy atom. The zero-order chi connectivity index (χ0) is 24.8. The number of hydrogen-bond donors (Lipinski definition) is 3. The van der Waals surface area contributed by atoms with E-state index in [1.165, 1.54) is 18.4 Å². The first-order chi connectivity index (χ1) is 16.9. The number of nitrogens with one attached hydrogen (secondary N) is 1. The zero-order valence-corrected chi connectivity index (χ0v) is 21.0. The molecule has 2 amide bonds. The lowest BCUT2D eigenvalue weighted by atomic mass is 9.57. The Morgan fingerprint density at radius 2 is 1.71 bits per heavy atom. The van der Waals surface area contributed by atoms with E-state index in [-0.39, 0.29) is 11.4 Å². The predicted octanol–water partition coefficient (Wildman–Crippen LogP) is 3.33. The van der Waals surface area contributed by atoms with Crippen LogP contribution >= 0.6 is 0 Å². The molecule has 35 heavy (non-hydrogen) atoms. The highest BCUT2D eigenvalue weighted by molar-refractivity contribution is 5.86. The number of carbonyl (C=O) groups excluding carboxylic acids is 1. The van der Waals surface area contributed by atoms with E-state index >= 15 is 0 Å². The minimum Gasteiger partial charge on any atom is -0.481 e. The summed E-state index contributed by atoms with van der Waals surface area (Å²) in [6.45, 7) is 8.06. The summed E-state index contributed by atoms with van der Waals surface area (Å²) in [5.74, 6) is 7.45. The predicted molar refractivity (Wildman–Crippen MR) is 135 cm³/mol. The van der Waals surface area contributed by atoms with Crippen LogP contribution in [0.2, 0.25) is 0 Å². The number of rotatable bonds is 6. The van der Waals surface area contributed by atoms with E-state index in [1.807, 2.05) is 47.9 Å². The number of nitrogens with zero attached hydrogens (tertiary/aromatic N) is 3. The molecule has 190 valence electrons. The second kappa shape index (κ2) is 9.12. The number of urea groups is 1. The number of hydrogen-bond acceptors (Lipinski definition) is 4. The Bertz CT molecular complexity index is 979. The Labute approximate surface area is 207 Å². The van der Waals surface area contributed by atoms with E-state index in [0.717, 1.165) is 75.7 Å². The van der Waals surface area contributed by atoms with Crippen LogP contribution in [-0.2, 0) is 10.2 Å². The van der Waals surface area contributed by atoms with Crippen molar-refractivity contribution in [2.24, 2.45) is 28.1 Å². The third kappa shape index (κ3) is 4.41. The molecule has 0 bridgehead atoms. The van der Waals surface area contributed by atoms with Gasteiger partial charge in [-0.3, -0.25) is 9.79 Å². The smallest absolute Gasteiger partial charge is 0.320 e. The van der Waals surface area contributed by atoms with Crippen LogP contribution in [0.3, 0.4) is 0 Å². The van der Waals surface area contributed by atoms with Crippen molar-refractivity contribution in [1.82, 2.24) is 15.2 Å². The standard InChI is InChI=1S/C25H33N5O3.C2H6/c26-28-21(27-11-16-1-2-16)18-9-24(10-18)14-30(15-24)23(33)29-12-19(13-29)17-3-5-20(6-4-17)25(7-8-25)22(31)32;1-2/h3-6,16,18-19H,1-2,7-15,26H2,(H,27,28)(H,31,32);1-2H3. The molecule has 6 rings (SSSR count). The van der Waals surface area contributed by atoms with Gasteiger partial charge in [-0.25, -0.2) is 10.6 Å². The molecule has 1 spiro atoms. The van der Waals surface area contributed by atoms with Gasteiger partial charge in [-0.2, -0.15) is 0 Å². The van der Waals surface area contributed by atoms with Crippen LogP contribution in [0.4, 0.5) is 4.79 Å². The highest BCUT2D eigenvalue weighted by Gasteiger charge is 2.56. The third-order valence-corrected chi connectivity index (χ3v) is 8.68. The Balaban J connectivity index is 0.00000124. The summed E-state index contributed by atoms with van der Waals surface area (Å²) in [4.78, 5) is 33.0. The van der Waals surface area contributed by atoms with Crippen molar-refractivity contribution in [3.05, 3.63) is 35.4 Å². The molecule has 2 heterocycles. The molecule has 1 aromatic carbocycles. The molecule has 8 nitrogen and oxygen atoms in total. The quantitative estimate of drug-likeness (QED) is 0.250. The van der Waals surface area contributed by atoms with E-state index in [9.17, 15) is 14.7 Å². The van der Waals surface area contributed by atoms with E-state index < -0.39 is 11.4 Å². The highest BCUT2D eigenvalue weighted by Crippen LogP contribution is 2.53. The summed E-state index contributed by atoms with van der Waals surface area (Å²) in [6.07, 6.45) is 6.17. The van der Waals surface area contributed by atoms with Gasteiger partial charge in [0, 0.05) is 50.0 Å². The molecule has 2 aliphatic heterocycles. The third-order valence-electron chi connectivity index (χ3n) is 8.68. The van der Waals surface area contributed by atoms with Crippen LogP contribution in [-0.4, -0.2) is 65.5 Å². The molecule has 1 aromatic rings. The van der Waals surface area contributed by atoms with Gasteiger partial charge in [-0.05, 0) is 55.6 Å². The summed E-state index contributed by atoms with van der Waals surface area (Å²) in [6, 6.07) is 8.17. The first kappa shape index (κ1) is 24.1. The van der Waals surface area contributed by atoms with Crippen LogP contribution in [0.15, 0.2) is 29.3 Å². The SMILES string of the molecule is CC.NNC(=NCC1CC1)C1CC2(C1)CN(C(=O)N1CC(c3ccc(C4(C(=O)O)CC4)cc3)C1)C2. The largest absolute Gasteiger partial charge is 0.481 e. The maximum absolute atomic E-state index is 12.9. The van der Waals surface area contributed by atoms with Crippen molar-refractivity contribution < 1.29 is 14.7 Å². The topological polar surface area (TPSA) is 111 Å². The molecular weight excluding hydrogens is 442 g/mol. The van der Waals surface area contributed by atoms with Crippen LogP contribution in [0.5, 0.6) is 0 Å². The molecule has 3 saturated carbocycles. The molecule has 0 aromatic heterocycles. The average molecular weight is 482 g/mol.